The highest BCUT2D eigenvalue weighted by molar-refractivity contribution is 7.98. The molecule has 0 radical (unpaired) electrons. The topological polar surface area (TPSA) is 48.2 Å². The maximum absolute atomic E-state index is 12.9. The second-order valence-electron chi connectivity index (χ2n) is 5.03. The van der Waals surface area contributed by atoms with Gasteiger partial charge in [0.2, 0.25) is 0 Å². The van der Waals surface area contributed by atoms with Crippen molar-refractivity contribution in [1.82, 2.24) is 10.1 Å². The standard InChI is InChI=1S/C15H17FN2O2S/c16-12-6-4-11(5-7-12)15-17-14(18-20-15)10-21-9-13-3-1-2-8-19-13/h4-7,13H,1-3,8-10H2/t13-/m1/s1. The van der Waals surface area contributed by atoms with Gasteiger partial charge in [0.1, 0.15) is 5.82 Å². The van der Waals surface area contributed by atoms with Gasteiger partial charge >= 0.3 is 0 Å². The third-order valence-electron chi connectivity index (χ3n) is 3.37. The average molecular weight is 308 g/mol. The zero-order valence-electron chi connectivity index (χ0n) is 11.6. The molecule has 0 saturated carbocycles. The fourth-order valence-electron chi connectivity index (χ4n) is 2.24. The van der Waals surface area contributed by atoms with E-state index in [0.717, 1.165) is 24.3 Å². The molecule has 0 spiro atoms. The third kappa shape index (κ3) is 4.04. The number of hydrogen-bond donors (Lipinski definition) is 0. The van der Waals surface area contributed by atoms with E-state index in [1.165, 1.54) is 25.0 Å². The van der Waals surface area contributed by atoms with Crippen LogP contribution in [0.4, 0.5) is 4.39 Å². The van der Waals surface area contributed by atoms with Gasteiger partial charge in [-0.2, -0.15) is 16.7 Å². The number of thioether (sulfide) groups is 1. The van der Waals surface area contributed by atoms with Crippen LogP contribution < -0.4 is 0 Å². The molecule has 0 unspecified atom stereocenters. The van der Waals surface area contributed by atoms with Crippen LogP contribution in [0.2, 0.25) is 0 Å². The highest BCUT2D eigenvalue weighted by atomic mass is 32.2. The minimum absolute atomic E-state index is 0.276. The molecule has 0 bridgehead atoms. The molecule has 2 heterocycles. The zero-order valence-corrected chi connectivity index (χ0v) is 12.4. The first-order valence-electron chi connectivity index (χ1n) is 7.09. The average Bonchev–Trinajstić information content (AvgIpc) is 2.98. The number of aromatic nitrogens is 2. The summed E-state index contributed by atoms with van der Waals surface area (Å²) in [5.74, 6) is 2.47. The highest BCUT2D eigenvalue weighted by Gasteiger charge is 2.15. The molecule has 0 aliphatic carbocycles. The maximum atomic E-state index is 12.9. The second-order valence-corrected chi connectivity index (χ2v) is 6.06. The van der Waals surface area contributed by atoms with Crippen molar-refractivity contribution >= 4 is 11.8 Å². The van der Waals surface area contributed by atoms with Crippen molar-refractivity contribution in [3.63, 3.8) is 0 Å². The summed E-state index contributed by atoms with van der Waals surface area (Å²) in [4.78, 5) is 4.33. The molecule has 4 nitrogen and oxygen atoms in total. The number of hydrogen-bond acceptors (Lipinski definition) is 5. The number of nitrogens with zero attached hydrogens (tertiary/aromatic N) is 2. The van der Waals surface area contributed by atoms with Gasteiger partial charge in [-0.05, 0) is 43.5 Å². The molecule has 0 N–H and O–H groups in total. The number of ether oxygens (including phenoxy) is 1. The molecule has 1 aromatic heterocycles. The lowest BCUT2D eigenvalue weighted by Crippen LogP contribution is -2.21. The van der Waals surface area contributed by atoms with Crippen molar-refractivity contribution in [2.24, 2.45) is 0 Å². The largest absolute Gasteiger partial charge is 0.377 e. The molecule has 1 aliphatic heterocycles. The van der Waals surface area contributed by atoms with Gasteiger partial charge in [0, 0.05) is 17.9 Å². The van der Waals surface area contributed by atoms with Crippen LogP contribution in [0.3, 0.4) is 0 Å². The lowest BCUT2D eigenvalue weighted by Gasteiger charge is -2.21. The van der Waals surface area contributed by atoms with E-state index >= 15 is 0 Å². The van der Waals surface area contributed by atoms with E-state index in [4.69, 9.17) is 9.26 Å². The van der Waals surface area contributed by atoms with Crippen LogP contribution >= 0.6 is 11.8 Å². The van der Waals surface area contributed by atoms with Crippen molar-refractivity contribution < 1.29 is 13.7 Å². The van der Waals surface area contributed by atoms with Crippen LogP contribution in [0.5, 0.6) is 0 Å². The Morgan fingerprint density at radius 1 is 1.24 bits per heavy atom. The molecule has 1 fully saturated rings. The Labute approximate surface area is 127 Å². The van der Waals surface area contributed by atoms with Crippen LogP contribution in [-0.4, -0.2) is 28.6 Å². The van der Waals surface area contributed by atoms with E-state index in [-0.39, 0.29) is 5.82 Å². The van der Waals surface area contributed by atoms with E-state index < -0.39 is 0 Å². The third-order valence-corrected chi connectivity index (χ3v) is 4.44. The van der Waals surface area contributed by atoms with E-state index in [1.54, 1.807) is 23.9 Å². The van der Waals surface area contributed by atoms with Gasteiger partial charge in [0.15, 0.2) is 5.82 Å². The zero-order chi connectivity index (χ0) is 14.5. The lowest BCUT2D eigenvalue weighted by atomic mass is 10.1. The van der Waals surface area contributed by atoms with Crippen LogP contribution in [0.15, 0.2) is 28.8 Å². The molecule has 1 atom stereocenters. The predicted molar refractivity (Wildman–Crippen MR) is 79.4 cm³/mol. The van der Waals surface area contributed by atoms with E-state index in [0.29, 0.717) is 23.6 Å². The van der Waals surface area contributed by atoms with Crippen molar-refractivity contribution in [2.45, 2.75) is 31.1 Å². The molecule has 112 valence electrons. The van der Waals surface area contributed by atoms with Gasteiger partial charge in [-0.15, -0.1) is 0 Å². The Morgan fingerprint density at radius 3 is 2.86 bits per heavy atom. The molecule has 2 aromatic rings. The van der Waals surface area contributed by atoms with Crippen LogP contribution in [0.25, 0.3) is 11.5 Å². The Hall–Kier alpha value is -1.40. The summed E-state index contributed by atoms with van der Waals surface area (Å²) in [5.41, 5.74) is 0.732. The quantitative estimate of drug-likeness (QED) is 0.843. The maximum Gasteiger partial charge on any atom is 0.257 e. The minimum Gasteiger partial charge on any atom is -0.377 e. The molecule has 21 heavy (non-hydrogen) atoms. The first-order chi connectivity index (χ1) is 10.3. The molecule has 1 aromatic carbocycles. The summed E-state index contributed by atoms with van der Waals surface area (Å²) < 4.78 is 23.8. The fraction of sp³-hybridized carbons (Fsp3) is 0.467. The molecular weight excluding hydrogens is 291 g/mol. The normalized spacial score (nSPS) is 18.8. The summed E-state index contributed by atoms with van der Waals surface area (Å²) >= 11 is 1.75. The molecule has 1 saturated heterocycles. The van der Waals surface area contributed by atoms with Crippen LogP contribution in [-0.2, 0) is 10.5 Å². The van der Waals surface area contributed by atoms with Crippen molar-refractivity contribution in [3.05, 3.63) is 35.9 Å². The van der Waals surface area contributed by atoms with Gasteiger partial charge < -0.3 is 9.26 Å². The SMILES string of the molecule is Fc1ccc(-c2nc(CSC[C@H]3CCCCO3)no2)cc1. The Balaban J connectivity index is 1.51. The Morgan fingerprint density at radius 2 is 2.10 bits per heavy atom. The Bertz CT molecular complexity index is 567. The minimum atomic E-state index is -0.276. The van der Waals surface area contributed by atoms with Crippen molar-refractivity contribution in [1.29, 1.82) is 0 Å². The molecule has 6 heteroatoms. The van der Waals surface area contributed by atoms with Gasteiger partial charge in [0.25, 0.3) is 5.89 Å². The monoisotopic (exact) mass is 308 g/mol. The summed E-state index contributed by atoms with van der Waals surface area (Å²) in [6, 6.07) is 6.04. The summed E-state index contributed by atoms with van der Waals surface area (Å²) in [6.07, 6.45) is 3.92. The van der Waals surface area contributed by atoms with Crippen molar-refractivity contribution in [2.75, 3.05) is 12.4 Å². The van der Waals surface area contributed by atoms with Crippen LogP contribution in [0, 0.1) is 5.82 Å². The highest BCUT2D eigenvalue weighted by Crippen LogP contribution is 2.21. The van der Waals surface area contributed by atoms with E-state index in [9.17, 15) is 4.39 Å². The Kier molecular flexibility index (Phi) is 4.87. The van der Waals surface area contributed by atoms with Gasteiger partial charge in [-0.25, -0.2) is 4.39 Å². The summed E-state index contributed by atoms with van der Waals surface area (Å²) in [5, 5.41) is 3.96. The number of rotatable bonds is 5. The van der Waals surface area contributed by atoms with E-state index in [2.05, 4.69) is 10.1 Å². The fourth-order valence-corrected chi connectivity index (χ4v) is 3.19. The van der Waals surface area contributed by atoms with Gasteiger partial charge in [-0.3, -0.25) is 0 Å². The summed E-state index contributed by atoms with van der Waals surface area (Å²) in [7, 11) is 0. The van der Waals surface area contributed by atoms with Crippen LogP contribution in [0.1, 0.15) is 25.1 Å². The van der Waals surface area contributed by atoms with Gasteiger partial charge in [0.05, 0.1) is 11.9 Å². The van der Waals surface area contributed by atoms with Crippen molar-refractivity contribution in [3.8, 4) is 11.5 Å². The first kappa shape index (κ1) is 14.5. The van der Waals surface area contributed by atoms with E-state index in [1.807, 2.05) is 0 Å². The summed E-state index contributed by atoms with van der Waals surface area (Å²) in [6.45, 7) is 0.877. The molecule has 0 amide bonds. The molecule has 3 rings (SSSR count). The number of halogens is 1. The molecular formula is C15H17FN2O2S. The number of benzene rings is 1. The smallest absolute Gasteiger partial charge is 0.257 e. The molecule has 1 aliphatic rings. The second kappa shape index (κ2) is 7.04. The predicted octanol–water partition coefficient (Wildman–Crippen LogP) is 3.68. The first-order valence-corrected chi connectivity index (χ1v) is 8.24. The van der Waals surface area contributed by atoms with Gasteiger partial charge in [-0.1, -0.05) is 5.16 Å². The lowest BCUT2D eigenvalue weighted by molar-refractivity contribution is 0.0315.